The van der Waals surface area contributed by atoms with Crippen LogP contribution in [0.25, 0.3) is 11.3 Å². The molecule has 2 aromatic rings. The molecule has 150 valence electrons. The smallest absolute Gasteiger partial charge is 0.336 e. The largest absolute Gasteiger partial charge is 0.466 e. The first-order valence-corrected chi connectivity index (χ1v) is 9.73. The molecular formula is C23H25N3O3. The van der Waals surface area contributed by atoms with Gasteiger partial charge in [0.05, 0.1) is 30.5 Å². The Bertz CT molecular complexity index is 1040. The molecule has 6 heteroatoms. The molecule has 0 saturated carbocycles. The number of H-pyrrole nitrogens is 1. The van der Waals surface area contributed by atoms with Crippen molar-refractivity contribution in [3.05, 3.63) is 64.6 Å². The lowest BCUT2D eigenvalue weighted by Crippen LogP contribution is -2.38. The van der Waals surface area contributed by atoms with Gasteiger partial charge in [0.25, 0.3) is 0 Å². The van der Waals surface area contributed by atoms with E-state index < -0.39 is 11.9 Å². The summed E-state index contributed by atoms with van der Waals surface area (Å²) in [5, 5.41) is 10.6. The summed E-state index contributed by atoms with van der Waals surface area (Å²) in [6.07, 6.45) is 2.90. The zero-order valence-corrected chi connectivity index (χ0v) is 17.1. The predicted octanol–water partition coefficient (Wildman–Crippen LogP) is 3.85. The number of allylic oxidation sites excluding steroid dienone is 3. The van der Waals surface area contributed by atoms with Gasteiger partial charge in [-0.25, -0.2) is 4.79 Å². The second-order valence-corrected chi connectivity index (χ2v) is 8.49. The lowest BCUT2D eigenvalue weighted by Gasteiger charge is -2.39. The lowest BCUT2D eigenvalue weighted by atomic mass is 9.68. The first-order chi connectivity index (χ1) is 13.8. The molecule has 0 bridgehead atoms. The summed E-state index contributed by atoms with van der Waals surface area (Å²) in [4.78, 5) is 26.0. The minimum absolute atomic E-state index is 0.0582. The molecule has 1 aliphatic carbocycles. The molecule has 0 fully saturated rings. The van der Waals surface area contributed by atoms with E-state index in [0.29, 0.717) is 23.3 Å². The van der Waals surface area contributed by atoms with Crippen molar-refractivity contribution in [1.29, 1.82) is 0 Å². The van der Waals surface area contributed by atoms with Crippen LogP contribution in [-0.2, 0) is 14.3 Å². The molecule has 2 aliphatic rings. The maximum absolute atomic E-state index is 13.3. The number of carbonyl (C=O) groups is 2. The van der Waals surface area contributed by atoms with E-state index in [0.717, 1.165) is 28.9 Å². The maximum Gasteiger partial charge on any atom is 0.336 e. The Labute approximate surface area is 170 Å². The van der Waals surface area contributed by atoms with E-state index in [-0.39, 0.29) is 11.2 Å². The number of ether oxygens (including phenoxy) is 1. The van der Waals surface area contributed by atoms with E-state index in [2.05, 4.69) is 29.4 Å². The van der Waals surface area contributed by atoms with Crippen molar-refractivity contribution in [2.45, 2.75) is 39.5 Å². The quantitative estimate of drug-likeness (QED) is 0.777. The topological polar surface area (TPSA) is 84.1 Å². The average Bonchev–Trinajstić information content (AvgIpc) is 3.15. The van der Waals surface area contributed by atoms with E-state index in [9.17, 15) is 9.59 Å². The Morgan fingerprint density at radius 2 is 1.93 bits per heavy atom. The second-order valence-electron chi connectivity index (χ2n) is 8.49. The summed E-state index contributed by atoms with van der Waals surface area (Å²) in [5.41, 5.74) is 5.13. The number of benzene rings is 1. The minimum Gasteiger partial charge on any atom is -0.466 e. The number of nitrogens with one attached hydrogen (secondary N) is 2. The molecule has 1 aliphatic heterocycles. The van der Waals surface area contributed by atoms with Crippen LogP contribution in [0.5, 0.6) is 0 Å². The molecule has 1 atom stereocenters. The zero-order chi connectivity index (χ0) is 20.8. The number of aromatic amines is 1. The number of carbonyl (C=O) groups excluding carboxylic acids is 2. The van der Waals surface area contributed by atoms with Crippen LogP contribution in [0.1, 0.15) is 45.1 Å². The molecule has 2 heterocycles. The number of aromatic nitrogens is 2. The molecule has 29 heavy (non-hydrogen) atoms. The normalized spacial score (nSPS) is 21.0. The third-order valence-electron chi connectivity index (χ3n) is 5.69. The number of hydrogen-bond donors (Lipinski definition) is 2. The van der Waals surface area contributed by atoms with E-state index in [1.165, 1.54) is 7.11 Å². The number of hydrogen-bond acceptors (Lipinski definition) is 5. The summed E-state index contributed by atoms with van der Waals surface area (Å²) >= 11 is 0. The highest BCUT2D eigenvalue weighted by Gasteiger charge is 2.44. The van der Waals surface area contributed by atoms with Gasteiger partial charge in [0.1, 0.15) is 0 Å². The van der Waals surface area contributed by atoms with Crippen molar-refractivity contribution in [2.24, 2.45) is 5.41 Å². The summed E-state index contributed by atoms with van der Waals surface area (Å²) in [7, 11) is 1.36. The number of ketones is 1. The highest BCUT2D eigenvalue weighted by Crippen LogP contribution is 2.48. The summed E-state index contributed by atoms with van der Waals surface area (Å²) < 4.78 is 5.09. The first-order valence-electron chi connectivity index (χ1n) is 9.73. The van der Waals surface area contributed by atoms with Crippen LogP contribution in [0.2, 0.25) is 0 Å². The Kier molecular flexibility index (Phi) is 4.65. The van der Waals surface area contributed by atoms with Gasteiger partial charge in [0.15, 0.2) is 5.78 Å². The van der Waals surface area contributed by atoms with E-state index in [1.807, 2.05) is 37.3 Å². The molecule has 1 unspecified atom stereocenters. The monoisotopic (exact) mass is 391 g/mol. The lowest BCUT2D eigenvalue weighted by molar-refractivity contribution is -0.136. The first kappa shape index (κ1) is 19.2. The van der Waals surface area contributed by atoms with Gasteiger partial charge in [-0.2, -0.15) is 5.10 Å². The Hall–Kier alpha value is -3.15. The van der Waals surface area contributed by atoms with Gasteiger partial charge < -0.3 is 10.1 Å². The van der Waals surface area contributed by atoms with E-state index in [1.54, 1.807) is 6.20 Å². The van der Waals surface area contributed by atoms with E-state index in [4.69, 9.17) is 4.74 Å². The van der Waals surface area contributed by atoms with Crippen LogP contribution in [0, 0.1) is 5.41 Å². The van der Waals surface area contributed by atoms with Gasteiger partial charge >= 0.3 is 5.97 Å². The molecule has 0 radical (unpaired) electrons. The van der Waals surface area contributed by atoms with Gasteiger partial charge in [0, 0.05) is 29.0 Å². The highest BCUT2D eigenvalue weighted by molar-refractivity contribution is 6.04. The van der Waals surface area contributed by atoms with Crippen molar-refractivity contribution >= 4 is 11.8 Å². The molecule has 0 spiro atoms. The molecule has 1 aromatic carbocycles. The minimum atomic E-state index is -0.517. The standard InChI is InChI=1S/C23H25N3O3/c1-13-18(22(28)29-4)19(20-16(25-13)10-23(2,3)11-17(20)27)15-12-24-26-21(15)14-8-6-5-7-9-14/h5-9,12,19,25H,10-11H2,1-4H3,(H,24,26). The molecule has 0 amide bonds. The van der Waals surface area contributed by atoms with Crippen LogP contribution in [0.3, 0.4) is 0 Å². The number of esters is 1. The fourth-order valence-corrected chi connectivity index (χ4v) is 4.48. The zero-order valence-electron chi connectivity index (χ0n) is 17.1. The summed E-state index contributed by atoms with van der Waals surface area (Å²) in [6, 6.07) is 9.80. The number of methoxy groups -OCH3 is 1. The second kappa shape index (κ2) is 7.03. The summed E-state index contributed by atoms with van der Waals surface area (Å²) in [6.45, 7) is 6.04. The fraction of sp³-hybridized carbons (Fsp3) is 0.348. The SMILES string of the molecule is COC(=O)C1=C(C)NC2=C(C(=O)CC(C)(C)C2)C1c1cn[nH]c1-c1ccccc1. The van der Waals surface area contributed by atoms with Gasteiger partial charge in [0.2, 0.25) is 0 Å². The molecule has 2 N–H and O–H groups in total. The van der Waals surface area contributed by atoms with E-state index >= 15 is 0 Å². The molecule has 0 saturated heterocycles. The van der Waals surface area contributed by atoms with Crippen LogP contribution in [0.4, 0.5) is 0 Å². The molecular weight excluding hydrogens is 366 g/mol. The molecule has 6 nitrogen and oxygen atoms in total. The fourth-order valence-electron chi connectivity index (χ4n) is 4.48. The number of Topliss-reactive ketones (excluding diaryl/α,β-unsaturated/α-hetero) is 1. The number of rotatable bonds is 3. The van der Waals surface area contributed by atoms with Gasteiger partial charge in [-0.1, -0.05) is 44.2 Å². The third-order valence-corrected chi connectivity index (χ3v) is 5.69. The Morgan fingerprint density at radius 3 is 2.62 bits per heavy atom. The number of nitrogens with zero attached hydrogens (tertiary/aromatic N) is 1. The van der Waals surface area contributed by atoms with Crippen molar-refractivity contribution < 1.29 is 14.3 Å². The maximum atomic E-state index is 13.3. The Balaban J connectivity index is 1.93. The molecule has 1 aromatic heterocycles. The molecule has 4 rings (SSSR count). The average molecular weight is 391 g/mol. The highest BCUT2D eigenvalue weighted by atomic mass is 16.5. The van der Waals surface area contributed by atoms with Crippen molar-refractivity contribution in [2.75, 3.05) is 7.11 Å². The van der Waals surface area contributed by atoms with Gasteiger partial charge in [-0.3, -0.25) is 9.89 Å². The van der Waals surface area contributed by atoms with Crippen molar-refractivity contribution in [1.82, 2.24) is 15.5 Å². The summed E-state index contributed by atoms with van der Waals surface area (Å²) in [5.74, 6) is -0.900. The Morgan fingerprint density at radius 1 is 1.21 bits per heavy atom. The number of dihydropyridines is 1. The van der Waals surface area contributed by atoms with Crippen molar-refractivity contribution in [3.63, 3.8) is 0 Å². The third kappa shape index (κ3) is 3.28. The predicted molar refractivity (Wildman–Crippen MR) is 110 cm³/mol. The van der Waals surface area contributed by atoms with Crippen LogP contribution >= 0.6 is 0 Å². The van der Waals surface area contributed by atoms with Crippen LogP contribution < -0.4 is 5.32 Å². The van der Waals surface area contributed by atoms with Gasteiger partial charge in [-0.15, -0.1) is 0 Å². The van der Waals surface area contributed by atoms with Crippen LogP contribution in [-0.4, -0.2) is 29.1 Å². The van der Waals surface area contributed by atoms with Crippen molar-refractivity contribution in [3.8, 4) is 11.3 Å². The van der Waals surface area contributed by atoms with Crippen LogP contribution in [0.15, 0.2) is 59.1 Å². The van der Waals surface area contributed by atoms with Gasteiger partial charge in [-0.05, 0) is 24.3 Å².